The van der Waals surface area contributed by atoms with E-state index in [-0.39, 0.29) is 5.54 Å². The predicted molar refractivity (Wildman–Crippen MR) is 59.5 cm³/mol. The third kappa shape index (κ3) is 1.87. The lowest BCUT2D eigenvalue weighted by Gasteiger charge is -2.22. The molecule has 0 aliphatic heterocycles. The van der Waals surface area contributed by atoms with Crippen molar-refractivity contribution < 1.29 is 0 Å². The molecular formula is C11H15N3. The van der Waals surface area contributed by atoms with Crippen molar-refractivity contribution in [3.63, 3.8) is 0 Å². The van der Waals surface area contributed by atoms with E-state index >= 15 is 0 Å². The van der Waals surface area contributed by atoms with E-state index in [1.54, 1.807) is 0 Å². The Kier molecular flexibility index (Phi) is 1.95. The summed E-state index contributed by atoms with van der Waals surface area (Å²) in [6.07, 6.45) is 1.84. The van der Waals surface area contributed by atoms with Crippen molar-refractivity contribution >= 4 is 16.6 Å². The molecule has 0 aliphatic rings. The summed E-state index contributed by atoms with van der Waals surface area (Å²) in [5.74, 6) is 0. The van der Waals surface area contributed by atoms with Gasteiger partial charge in [-0.05, 0) is 39.0 Å². The monoisotopic (exact) mass is 189 g/mol. The maximum atomic E-state index is 3.99. The summed E-state index contributed by atoms with van der Waals surface area (Å²) in [4.78, 5) is 0. The van der Waals surface area contributed by atoms with Crippen LogP contribution >= 0.6 is 0 Å². The summed E-state index contributed by atoms with van der Waals surface area (Å²) in [7, 11) is 0. The van der Waals surface area contributed by atoms with Crippen LogP contribution in [0, 0.1) is 0 Å². The number of anilines is 1. The zero-order valence-corrected chi connectivity index (χ0v) is 8.76. The van der Waals surface area contributed by atoms with Gasteiger partial charge in [-0.1, -0.05) is 0 Å². The van der Waals surface area contributed by atoms with E-state index in [0.29, 0.717) is 0 Å². The van der Waals surface area contributed by atoms with Gasteiger partial charge in [0.15, 0.2) is 0 Å². The summed E-state index contributed by atoms with van der Waals surface area (Å²) < 4.78 is 0. The second-order valence-electron chi connectivity index (χ2n) is 4.55. The molecule has 3 heteroatoms. The largest absolute Gasteiger partial charge is 0.380 e. The summed E-state index contributed by atoms with van der Waals surface area (Å²) in [6.45, 7) is 6.44. The number of fused-ring (bicyclic) bond motifs is 1. The minimum atomic E-state index is 0.0947. The molecule has 0 spiro atoms. The number of nitrogens with one attached hydrogen (secondary N) is 2. The SMILES string of the molecule is CC(C)(C)Nc1ccc2[nH]ncc2c1. The second-order valence-corrected chi connectivity index (χ2v) is 4.55. The van der Waals surface area contributed by atoms with Crippen molar-refractivity contribution in [3.8, 4) is 0 Å². The second kappa shape index (κ2) is 3.01. The Morgan fingerprint density at radius 2 is 2.07 bits per heavy atom. The van der Waals surface area contributed by atoms with Crippen LogP contribution in [0.15, 0.2) is 24.4 Å². The Balaban J connectivity index is 2.35. The van der Waals surface area contributed by atoms with Gasteiger partial charge in [0.1, 0.15) is 0 Å². The van der Waals surface area contributed by atoms with Crippen LogP contribution < -0.4 is 5.32 Å². The van der Waals surface area contributed by atoms with Crippen LogP contribution in [0.25, 0.3) is 10.9 Å². The molecule has 1 aromatic heterocycles. The minimum absolute atomic E-state index is 0.0947. The maximum absolute atomic E-state index is 3.99. The van der Waals surface area contributed by atoms with Gasteiger partial charge in [0.05, 0.1) is 11.7 Å². The van der Waals surface area contributed by atoms with Gasteiger partial charge in [-0.2, -0.15) is 5.10 Å². The number of aromatic nitrogens is 2. The first kappa shape index (κ1) is 9.06. The van der Waals surface area contributed by atoms with Gasteiger partial charge in [0.25, 0.3) is 0 Å². The molecule has 0 saturated carbocycles. The highest BCUT2D eigenvalue weighted by Gasteiger charge is 2.09. The highest BCUT2D eigenvalue weighted by atomic mass is 15.1. The predicted octanol–water partition coefficient (Wildman–Crippen LogP) is 2.77. The van der Waals surface area contributed by atoms with Gasteiger partial charge < -0.3 is 5.32 Å². The molecule has 2 N–H and O–H groups in total. The molecule has 2 rings (SSSR count). The van der Waals surface area contributed by atoms with Crippen molar-refractivity contribution in [2.24, 2.45) is 0 Å². The van der Waals surface area contributed by atoms with Crippen LogP contribution in [0.4, 0.5) is 5.69 Å². The standard InChI is InChI=1S/C11H15N3/c1-11(2,3)13-9-4-5-10-8(6-9)7-12-14-10/h4-7,13H,1-3H3,(H,12,14). The summed E-state index contributed by atoms with van der Waals surface area (Å²) in [5.41, 5.74) is 2.30. The average Bonchev–Trinajstić information content (AvgIpc) is 2.47. The van der Waals surface area contributed by atoms with Gasteiger partial charge in [0.2, 0.25) is 0 Å². The lowest BCUT2D eigenvalue weighted by molar-refractivity contribution is 0.634. The van der Waals surface area contributed by atoms with E-state index in [9.17, 15) is 0 Å². The molecule has 0 amide bonds. The van der Waals surface area contributed by atoms with Crippen LogP contribution in [0.2, 0.25) is 0 Å². The third-order valence-electron chi connectivity index (χ3n) is 1.96. The molecular weight excluding hydrogens is 174 g/mol. The number of hydrogen-bond donors (Lipinski definition) is 2. The van der Waals surface area contributed by atoms with E-state index in [4.69, 9.17) is 0 Å². The molecule has 0 atom stereocenters. The van der Waals surface area contributed by atoms with E-state index in [2.05, 4.69) is 48.4 Å². The fourth-order valence-electron chi connectivity index (χ4n) is 1.45. The quantitative estimate of drug-likeness (QED) is 0.724. The lowest BCUT2D eigenvalue weighted by Crippen LogP contribution is -2.25. The van der Waals surface area contributed by atoms with Crippen molar-refractivity contribution in [3.05, 3.63) is 24.4 Å². The molecule has 74 valence electrons. The first-order valence-electron chi connectivity index (χ1n) is 4.76. The van der Waals surface area contributed by atoms with Crippen LogP contribution in [0.5, 0.6) is 0 Å². The minimum Gasteiger partial charge on any atom is -0.380 e. The lowest BCUT2D eigenvalue weighted by atomic mass is 10.1. The van der Waals surface area contributed by atoms with Gasteiger partial charge in [-0.25, -0.2) is 0 Å². The molecule has 0 bridgehead atoms. The van der Waals surface area contributed by atoms with E-state index in [1.807, 2.05) is 12.3 Å². The summed E-state index contributed by atoms with van der Waals surface area (Å²) in [6, 6.07) is 6.20. The highest BCUT2D eigenvalue weighted by Crippen LogP contribution is 2.19. The Hall–Kier alpha value is -1.51. The molecule has 14 heavy (non-hydrogen) atoms. The van der Waals surface area contributed by atoms with Crippen molar-refractivity contribution in [1.29, 1.82) is 0 Å². The average molecular weight is 189 g/mol. The topological polar surface area (TPSA) is 40.7 Å². The van der Waals surface area contributed by atoms with E-state index in [0.717, 1.165) is 16.6 Å². The number of aromatic amines is 1. The van der Waals surface area contributed by atoms with Crippen LogP contribution in [0.3, 0.4) is 0 Å². The summed E-state index contributed by atoms with van der Waals surface area (Å²) >= 11 is 0. The zero-order valence-electron chi connectivity index (χ0n) is 8.76. The van der Waals surface area contributed by atoms with Crippen molar-refractivity contribution in [1.82, 2.24) is 10.2 Å². The normalized spacial score (nSPS) is 11.9. The molecule has 0 fully saturated rings. The first-order chi connectivity index (χ1) is 6.54. The molecule has 1 aromatic carbocycles. The summed E-state index contributed by atoms with van der Waals surface area (Å²) in [5, 5.41) is 11.5. The molecule has 0 aliphatic carbocycles. The third-order valence-corrected chi connectivity index (χ3v) is 1.96. The van der Waals surface area contributed by atoms with Gasteiger partial charge in [-0.15, -0.1) is 0 Å². The van der Waals surface area contributed by atoms with E-state index in [1.165, 1.54) is 0 Å². The Morgan fingerprint density at radius 1 is 1.29 bits per heavy atom. The van der Waals surface area contributed by atoms with Crippen LogP contribution in [0.1, 0.15) is 20.8 Å². The highest BCUT2D eigenvalue weighted by molar-refractivity contribution is 5.81. The Labute approximate surface area is 83.5 Å². The Morgan fingerprint density at radius 3 is 2.79 bits per heavy atom. The van der Waals surface area contributed by atoms with Crippen LogP contribution in [-0.2, 0) is 0 Å². The van der Waals surface area contributed by atoms with Gasteiger partial charge in [-0.3, -0.25) is 5.10 Å². The fourth-order valence-corrected chi connectivity index (χ4v) is 1.45. The number of rotatable bonds is 1. The number of benzene rings is 1. The van der Waals surface area contributed by atoms with Gasteiger partial charge >= 0.3 is 0 Å². The molecule has 0 saturated heterocycles. The molecule has 2 aromatic rings. The zero-order chi connectivity index (χ0) is 10.2. The molecule has 1 heterocycles. The first-order valence-corrected chi connectivity index (χ1v) is 4.76. The van der Waals surface area contributed by atoms with Gasteiger partial charge in [0, 0.05) is 16.6 Å². The van der Waals surface area contributed by atoms with Crippen LogP contribution in [-0.4, -0.2) is 15.7 Å². The number of H-pyrrole nitrogens is 1. The van der Waals surface area contributed by atoms with Crippen molar-refractivity contribution in [2.45, 2.75) is 26.3 Å². The van der Waals surface area contributed by atoms with E-state index < -0.39 is 0 Å². The number of hydrogen-bond acceptors (Lipinski definition) is 2. The molecule has 0 unspecified atom stereocenters. The Bertz CT molecular complexity index is 437. The van der Waals surface area contributed by atoms with Crippen molar-refractivity contribution in [2.75, 3.05) is 5.32 Å². The maximum Gasteiger partial charge on any atom is 0.0651 e. The smallest absolute Gasteiger partial charge is 0.0651 e. The fraction of sp³-hybridized carbons (Fsp3) is 0.364. The number of nitrogens with zero attached hydrogens (tertiary/aromatic N) is 1. The molecule has 0 radical (unpaired) electrons. The molecule has 3 nitrogen and oxygen atoms in total.